The van der Waals surface area contributed by atoms with Gasteiger partial charge in [-0.15, -0.1) is 0 Å². The molecule has 0 unspecified atom stereocenters. The lowest BCUT2D eigenvalue weighted by Gasteiger charge is -2.26. The zero-order valence-corrected chi connectivity index (χ0v) is 20.2. The van der Waals surface area contributed by atoms with Crippen LogP contribution in [0.4, 0.5) is 0 Å². The van der Waals surface area contributed by atoms with E-state index in [1.807, 2.05) is 30.3 Å². The van der Waals surface area contributed by atoms with E-state index in [1.165, 1.54) is 6.92 Å². The quantitative estimate of drug-likeness (QED) is 0.454. The molecule has 0 bridgehead atoms. The number of esters is 1. The van der Waals surface area contributed by atoms with Crippen LogP contribution in [0.3, 0.4) is 0 Å². The lowest BCUT2D eigenvalue weighted by atomic mass is 9.83. The molecule has 1 N–H and O–H groups in total. The Balaban J connectivity index is 2.34. The molecule has 0 fully saturated rings. The first-order chi connectivity index (χ1) is 15.9. The Kier molecular flexibility index (Phi) is 10.1. The fraction of sp³-hybridized carbons (Fsp3) is 0.480. The molecule has 0 aliphatic heterocycles. The number of rotatable bonds is 13. The number of carbonyl (C=O) groups is 1. The lowest BCUT2D eigenvalue weighted by molar-refractivity contribution is -0.143. The van der Waals surface area contributed by atoms with E-state index in [-0.39, 0.29) is 31.0 Å². The molecule has 0 aliphatic carbocycles. The minimum absolute atomic E-state index is 0.0874. The van der Waals surface area contributed by atoms with E-state index in [1.54, 1.807) is 35.5 Å². The van der Waals surface area contributed by atoms with Crippen LogP contribution in [0.25, 0.3) is 0 Å². The number of benzene rings is 2. The molecule has 2 atom stereocenters. The summed E-state index contributed by atoms with van der Waals surface area (Å²) < 4.78 is 32.4. The van der Waals surface area contributed by atoms with Crippen molar-refractivity contribution in [3.63, 3.8) is 0 Å². The summed E-state index contributed by atoms with van der Waals surface area (Å²) in [7, 11) is 7.84. The topological polar surface area (TPSA) is 92.7 Å². The molecule has 182 valence electrons. The van der Waals surface area contributed by atoms with Gasteiger partial charge in [0, 0.05) is 19.4 Å². The summed E-state index contributed by atoms with van der Waals surface area (Å²) in [6, 6.07) is 9.40. The fourth-order valence-electron chi connectivity index (χ4n) is 3.83. The molecule has 0 spiro atoms. The monoisotopic (exact) mass is 462 g/mol. The average molecular weight is 463 g/mol. The van der Waals surface area contributed by atoms with Gasteiger partial charge in [0.1, 0.15) is 0 Å². The zero-order chi connectivity index (χ0) is 24.4. The van der Waals surface area contributed by atoms with E-state index in [0.29, 0.717) is 41.6 Å². The molecule has 8 nitrogen and oxygen atoms in total. The number of aliphatic hydroxyl groups excluding tert-OH is 1. The van der Waals surface area contributed by atoms with Crippen molar-refractivity contribution in [2.45, 2.75) is 19.8 Å². The van der Waals surface area contributed by atoms with Gasteiger partial charge in [-0.25, -0.2) is 0 Å². The molecular formula is C25H34O8. The van der Waals surface area contributed by atoms with Crippen LogP contribution in [0.2, 0.25) is 0 Å². The smallest absolute Gasteiger partial charge is 0.302 e. The highest BCUT2D eigenvalue weighted by atomic mass is 16.5. The summed E-state index contributed by atoms with van der Waals surface area (Å²) >= 11 is 0. The van der Waals surface area contributed by atoms with Crippen LogP contribution in [0.5, 0.6) is 28.7 Å². The van der Waals surface area contributed by atoms with E-state index in [9.17, 15) is 9.90 Å². The maximum Gasteiger partial charge on any atom is 0.302 e. The van der Waals surface area contributed by atoms with Gasteiger partial charge < -0.3 is 33.5 Å². The van der Waals surface area contributed by atoms with E-state index >= 15 is 0 Å². The minimum Gasteiger partial charge on any atom is -0.493 e. The Labute approximate surface area is 195 Å². The van der Waals surface area contributed by atoms with E-state index in [2.05, 4.69) is 0 Å². The third-order valence-electron chi connectivity index (χ3n) is 5.57. The third kappa shape index (κ3) is 6.92. The molecular weight excluding hydrogens is 428 g/mol. The van der Waals surface area contributed by atoms with Crippen molar-refractivity contribution in [2.75, 3.05) is 48.8 Å². The summed E-state index contributed by atoms with van der Waals surface area (Å²) in [4.78, 5) is 11.5. The number of hydrogen-bond acceptors (Lipinski definition) is 8. The van der Waals surface area contributed by atoms with E-state index < -0.39 is 0 Å². The standard InChI is InChI=1S/C25H34O8/c1-16(27)33-15-20(9-17-7-8-21(28-2)22(11-17)29-3)19(14-26)10-18-12-23(30-4)25(32-6)24(13-18)31-5/h7-8,11-13,19-20,26H,9-10,14-15H2,1-6H3/t19-,20-/m0/s1. The first-order valence-electron chi connectivity index (χ1n) is 10.6. The maximum atomic E-state index is 11.5. The van der Waals surface area contributed by atoms with Crippen molar-refractivity contribution in [2.24, 2.45) is 11.8 Å². The predicted octanol–water partition coefficient (Wildman–Crippen LogP) is 3.30. The van der Waals surface area contributed by atoms with Crippen LogP contribution < -0.4 is 23.7 Å². The molecule has 2 aromatic carbocycles. The normalized spacial score (nSPS) is 12.5. The predicted molar refractivity (Wildman–Crippen MR) is 124 cm³/mol. The number of carbonyl (C=O) groups excluding carboxylic acids is 1. The summed E-state index contributed by atoms with van der Waals surface area (Å²) in [5.41, 5.74) is 1.89. The number of hydrogen-bond donors (Lipinski definition) is 1. The van der Waals surface area contributed by atoms with Gasteiger partial charge >= 0.3 is 5.97 Å². The third-order valence-corrected chi connectivity index (χ3v) is 5.57. The second-order valence-electron chi connectivity index (χ2n) is 7.64. The Morgan fingerprint density at radius 2 is 1.30 bits per heavy atom. The summed E-state index contributed by atoms with van der Waals surface area (Å²) in [5, 5.41) is 10.3. The van der Waals surface area contributed by atoms with Crippen LogP contribution in [0.1, 0.15) is 18.1 Å². The van der Waals surface area contributed by atoms with Gasteiger partial charge in [0.2, 0.25) is 5.75 Å². The fourth-order valence-corrected chi connectivity index (χ4v) is 3.83. The molecule has 2 rings (SSSR count). The van der Waals surface area contributed by atoms with E-state index in [4.69, 9.17) is 28.4 Å². The van der Waals surface area contributed by atoms with Crippen LogP contribution in [0, 0.1) is 11.8 Å². The number of ether oxygens (including phenoxy) is 6. The average Bonchev–Trinajstić information content (AvgIpc) is 2.83. The van der Waals surface area contributed by atoms with Crippen molar-refractivity contribution in [1.29, 1.82) is 0 Å². The van der Waals surface area contributed by atoms with Gasteiger partial charge in [-0.3, -0.25) is 4.79 Å². The van der Waals surface area contributed by atoms with Crippen molar-refractivity contribution in [3.8, 4) is 28.7 Å². The molecule has 0 saturated heterocycles. The van der Waals surface area contributed by atoms with Crippen LogP contribution in [-0.2, 0) is 22.4 Å². The first kappa shape index (κ1) is 26.1. The van der Waals surface area contributed by atoms with Crippen LogP contribution in [-0.4, -0.2) is 59.8 Å². The van der Waals surface area contributed by atoms with Gasteiger partial charge in [-0.2, -0.15) is 0 Å². The molecule has 33 heavy (non-hydrogen) atoms. The van der Waals surface area contributed by atoms with Crippen molar-refractivity contribution >= 4 is 5.97 Å². The van der Waals surface area contributed by atoms with Gasteiger partial charge in [0.15, 0.2) is 23.0 Å². The van der Waals surface area contributed by atoms with Crippen molar-refractivity contribution in [3.05, 3.63) is 41.5 Å². The van der Waals surface area contributed by atoms with Gasteiger partial charge in [-0.05, 0) is 54.2 Å². The van der Waals surface area contributed by atoms with E-state index in [0.717, 1.165) is 11.1 Å². The molecule has 0 radical (unpaired) electrons. The highest BCUT2D eigenvalue weighted by Crippen LogP contribution is 2.39. The lowest BCUT2D eigenvalue weighted by Crippen LogP contribution is -2.28. The zero-order valence-electron chi connectivity index (χ0n) is 20.2. The number of methoxy groups -OCH3 is 5. The van der Waals surface area contributed by atoms with Crippen LogP contribution >= 0.6 is 0 Å². The molecule has 0 aliphatic rings. The Hall–Kier alpha value is -3.13. The molecule has 0 amide bonds. The highest BCUT2D eigenvalue weighted by Gasteiger charge is 2.25. The van der Waals surface area contributed by atoms with Gasteiger partial charge in [0.05, 0.1) is 42.2 Å². The summed E-state index contributed by atoms with van der Waals surface area (Å²) in [6.45, 7) is 1.47. The summed E-state index contributed by atoms with van der Waals surface area (Å²) in [5.74, 6) is 2.14. The Morgan fingerprint density at radius 3 is 1.79 bits per heavy atom. The number of aliphatic hydroxyl groups is 1. The Bertz CT molecular complexity index is 886. The molecule has 0 saturated carbocycles. The second kappa shape index (κ2) is 12.8. The van der Waals surface area contributed by atoms with Gasteiger partial charge in [0.25, 0.3) is 0 Å². The first-order valence-corrected chi connectivity index (χ1v) is 10.6. The SMILES string of the molecule is COc1ccc(C[C@@H](COC(C)=O)[C@H](CO)Cc2cc(OC)c(OC)c(OC)c2)cc1OC. The maximum absolute atomic E-state index is 11.5. The van der Waals surface area contributed by atoms with Crippen LogP contribution in [0.15, 0.2) is 30.3 Å². The van der Waals surface area contributed by atoms with Crippen molar-refractivity contribution in [1.82, 2.24) is 0 Å². The van der Waals surface area contributed by atoms with Gasteiger partial charge in [-0.1, -0.05) is 6.07 Å². The second-order valence-corrected chi connectivity index (χ2v) is 7.64. The van der Waals surface area contributed by atoms with Crippen molar-refractivity contribution < 1.29 is 38.3 Å². The summed E-state index contributed by atoms with van der Waals surface area (Å²) in [6.07, 6.45) is 1.09. The molecule has 8 heteroatoms. The molecule has 0 heterocycles. The molecule has 2 aromatic rings. The Morgan fingerprint density at radius 1 is 0.758 bits per heavy atom. The molecule has 0 aromatic heterocycles. The largest absolute Gasteiger partial charge is 0.493 e. The highest BCUT2D eigenvalue weighted by molar-refractivity contribution is 5.65. The minimum atomic E-state index is -0.364.